The van der Waals surface area contributed by atoms with Crippen LogP contribution in [0.3, 0.4) is 0 Å². The SMILES string of the molecule is C=CCCCCCC(NCCC)c1ccc(OC)cc1F. The Morgan fingerprint density at radius 1 is 1.33 bits per heavy atom. The van der Waals surface area contributed by atoms with E-state index in [0.717, 1.165) is 50.6 Å². The first kappa shape index (κ1) is 17.7. The zero-order chi connectivity index (χ0) is 15.5. The molecular weight excluding hydrogens is 265 g/mol. The topological polar surface area (TPSA) is 21.3 Å². The Hall–Kier alpha value is -1.35. The van der Waals surface area contributed by atoms with E-state index in [1.807, 2.05) is 18.2 Å². The molecule has 3 heteroatoms. The molecule has 0 saturated heterocycles. The minimum atomic E-state index is -0.186. The van der Waals surface area contributed by atoms with Crippen LogP contribution < -0.4 is 10.1 Å². The molecule has 1 N–H and O–H groups in total. The molecule has 0 heterocycles. The molecule has 0 aliphatic heterocycles. The van der Waals surface area contributed by atoms with E-state index >= 15 is 0 Å². The van der Waals surface area contributed by atoms with Crippen molar-refractivity contribution in [1.29, 1.82) is 0 Å². The number of ether oxygens (including phenoxy) is 1. The van der Waals surface area contributed by atoms with Gasteiger partial charge in [-0.2, -0.15) is 0 Å². The maximum absolute atomic E-state index is 14.2. The van der Waals surface area contributed by atoms with E-state index in [1.165, 1.54) is 6.07 Å². The molecule has 0 saturated carbocycles. The highest BCUT2D eigenvalue weighted by atomic mass is 19.1. The lowest BCUT2D eigenvalue weighted by Crippen LogP contribution is -2.23. The van der Waals surface area contributed by atoms with Crippen LogP contribution in [0.15, 0.2) is 30.9 Å². The van der Waals surface area contributed by atoms with Crippen molar-refractivity contribution in [2.24, 2.45) is 0 Å². The Balaban J connectivity index is 2.65. The highest BCUT2D eigenvalue weighted by molar-refractivity contribution is 5.30. The third kappa shape index (κ3) is 6.30. The van der Waals surface area contributed by atoms with Gasteiger partial charge in [-0.15, -0.1) is 6.58 Å². The molecule has 0 aromatic heterocycles. The van der Waals surface area contributed by atoms with E-state index in [-0.39, 0.29) is 11.9 Å². The maximum Gasteiger partial charge on any atom is 0.131 e. The quantitative estimate of drug-likeness (QED) is 0.457. The second-order valence-corrected chi connectivity index (χ2v) is 5.32. The summed E-state index contributed by atoms with van der Waals surface area (Å²) in [4.78, 5) is 0. The van der Waals surface area contributed by atoms with Gasteiger partial charge in [-0.1, -0.05) is 31.9 Å². The third-order valence-corrected chi connectivity index (χ3v) is 3.62. The van der Waals surface area contributed by atoms with Crippen LogP contribution in [0, 0.1) is 5.82 Å². The lowest BCUT2D eigenvalue weighted by Gasteiger charge is -2.20. The van der Waals surface area contributed by atoms with Gasteiger partial charge in [0, 0.05) is 17.7 Å². The van der Waals surface area contributed by atoms with E-state index in [1.54, 1.807) is 7.11 Å². The first-order valence-electron chi connectivity index (χ1n) is 7.90. The standard InChI is InChI=1S/C18H28FNO/c1-4-6-7-8-9-10-18(20-13-5-2)16-12-11-15(21-3)14-17(16)19/h4,11-12,14,18,20H,1,5-10,13H2,2-3H3. The van der Waals surface area contributed by atoms with Crippen LogP contribution in [0.4, 0.5) is 4.39 Å². The monoisotopic (exact) mass is 293 g/mol. The normalized spacial score (nSPS) is 12.1. The van der Waals surface area contributed by atoms with Crippen LogP contribution in [-0.2, 0) is 0 Å². The van der Waals surface area contributed by atoms with Crippen LogP contribution in [0.2, 0.25) is 0 Å². The molecule has 0 radical (unpaired) electrons. The van der Waals surface area contributed by atoms with E-state index in [2.05, 4.69) is 18.8 Å². The number of allylic oxidation sites excluding steroid dienone is 1. The molecule has 118 valence electrons. The predicted octanol–water partition coefficient (Wildman–Crippen LogP) is 5.01. The molecule has 0 fully saturated rings. The van der Waals surface area contributed by atoms with Gasteiger partial charge in [0.25, 0.3) is 0 Å². The molecule has 0 aliphatic rings. The Morgan fingerprint density at radius 3 is 2.76 bits per heavy atom. The minimum absolute atomic E-state index is 0.0830. The largest absolute Gasteiger partial charge is 0.497 e. The van der Waals surface area contributed by atoms with Gasteiger partial charge in [-0.25, -0.2) is 4.39 Å². The van der Waals surface area contributed by atoms with Gasteiger partial charge in [0.15, 0.2) is 0 Å². The lowest BCUT2D eigenvalue weighted by atomic mass is 9.99. The number of benzene rings is 1. The Kier molecular flexibility index (Phi) is 8.76. The molecule has 1 aromatic rings. The molecule has 0 bridgehead atoms. The summed E-state index contributed by atoms with van der Waals surface area (Å²) >= 11 is 0. The van der Waals surface area contributed by atoms with Crippen LogP contribution in [0.25, 0.3) is 0 Å². The van der Waals surface area contributed by atoms with Crippen molar-refractivity contribution in [3.8, 4) is 5.75 Å². The molecule has 0 spiro atoms. The van der Waals surface area contributed by atoms with Crippen molar-refractivity contribution in [3.63, 3.8) is 0 Å². The lowest BCUT2D eigenvalue weighted by molar-refractivity contribution is 0.407. The fourth-order valence-electron chi connectivity index (χ4n) is 2.42. The van der Waals surface area contributed by atoms with Crippen LogP contribution >= 0.6 is 0 Å². The zero-order valence-electron chi connectivity index (χ0n) is 13.3. The summed E-state index contributed by atoms with van der Waals surface area (Å²) in [5, 5.41) is 3.45. The van der Waals surface area contributed by atoms with E-state index in [4.69, 9.17) is 4.74 Å². The molecule has 2 nitrogen and oxygen atoms in total. The number of methoxy groups -OCH3 is 1. The fraction of sp³-hybridized carbons (Fsp3) is 0.556. The first-order valence-corrected chi connectivity index (χ1v) is 7.90. The van der Waals surface area contributed by atoms with Gasteiger partial charge in [-0.05, 0) is 38.3 Å². The molecule has 1 rings (SSSR count). The van der Waals surface area contributed by atoms with Gasteiger partial charge in [0.2, 0.25) is 0 Å². The summed E-state index contributed by atoms with van der Waals surface area (Å²) < 4.78 is 19.3. The molecule has 0 aliphatic carbocycles. The highest BCUT2D eigenvalue weighted by Gasteiger charge is 2.15. The molecule has 21 heavy (non-hydrogen) atoms. The van der Waals surface area contributed by atoms with E-state index < -0.39 is 0 Å². The van der Waals surface area contributed by atoms with Crippen molar-refractivity contribution in [3.05, 3.63) is 42.2 Å². The van der Waals surface area contributed by atoms with Gasteiger partial charge in [0.1, 0.15) is 11.6 Å². The smallest absolute Gasteiger partial charge is 0.131 e. The molecule has 1 atom stereocenters. The van der Waals surface area contributed by atoms with Crippen LogP contribution in [0.5, 0.6) is 5.75 Å². The maximum atomic E-state index is 14.2. The minimum Gasteiger partial charge on any atom is -0.497 e. The number of nitrogens with one attached hydrogen (secondary N) is 1. The number of hydrogen-bond acceptors (Lipinski definition) is 2. The fourth-order valence-corrected chi connectivity index (χ4v) is 2.42. The van der Waals surface area contributed by atoms with Crippen LogP contribution in [-0.4, -0.2) is 13.7 Å². The number of halogens is 1. The molecular formula is C18H28FNO. The van der Waals surface area contributed by atoms with Gasteiger partial charge in [-0.3, -0.25) is 0 Å². The van der Waals surface area contributed by atoms with Crippen molar-refractivity contribution in [1.82, 2.24) is 5.32 Å². The summed E-state index contributed by atoms with van der Waals surface area (Å²) in [6.07, 6.45) is 8.44. The van der Waals surface area contributed by atoms with E-state index in [9.17, 15) is 4.39 Å². The summed E-state index contributed by atoms with van der Waals surface area (Å²) in [5.74, 6) is 0.380. The summed E-state index contributed by atoms with van der Waals surface area (Å²) in [7, 11) is 1.56. The molecule has 1 aromatic carbocycles. The number of hydrogen-bond donors (Lipinski definition) is 1. The Bertz CT molecular complexity index is 420. The van der Waals surface area contributed by atoms with Crippen molar-refractivity contribution in [2.45, 2.75) is 51.5 Å². The molecule has 1 unspecified atom stereocenters. The predicted molar refractivity (Wildman–Crippen MR) is 87.3 cm³/mol. The van der Waals surface area contributed by atoms with Crippen molar-refractivity contribution >= 4 is 0 Å². The summed E-state index contributed by atoms with van der Waals surface area (Å²) in [6, 6.07) is 5.22. The van der Waals surface area contributed by atoms with E-state index in [0.29, 0.717) is 5.75 Å². The Labute approximate surface area is 128 Å². The molecule has 0 amide bonds. The average molecular weight is 293 g/mol. The first-order chi connectivity index (χ1) is 10.2. The Morgan fingerprint density at radius 2 is 2.14 bits per heavy atom. The second kappa shape index (κ2) is 10.4. The highest BCUT2D eigenvalue weighted by Crippen LogP contribution is 2.26. The van der Waals surface area contributed by atoms with Gasteiger partial charge < -0.3 is 10.1 Å². The van der Waals surface area contributed by atoms with Crippen LogP contribution in [0.1, 0.15) is 57.1 Å². The van der Waals surface area contributed by atoms with Crippen molar-refractivity contribution < 1.29 is 9.13 Å². The number of rotatable bonds is 11. The van der Waals surface area contributed by atoms with Crippen molar-refractivity contribution in [2.75, 3.05) is 13.7 Å². The number of unbranched alkanes of at least 4 members (excludes halogenated alkanes) is 3. The average Bonchev–Trinajstić information content (AvgIpc) is 2.50. The third-order valence-electron chi connectivity index (χ3n) is 3.62. The van der Waals surface area contributed by atoms with Gasteiger partial charge >= 0.3 is 0 Å². The second-order valence-electron chi connectivity index (χ2n) is 5.32. The zero-order valence-corrected chi connectivity index (χ0v) is 13.3. The van der Waals surface area contributed by atoms with Gasteiger partial charge in [0.05, 0.1) is 7.11 Å². The summed E-state index contributed by atoms with van der Waals surface area (Å²) in [5.41, 5.74) is 0.743. The summed E-state index contributed by atoms with van der Waals surface area (Å²) in [6.45, 7) is 6.76.